The van der Waals surface area contributed by atoms with Crippen LogP contribution in [-0.2, 0) is 6.54 Å². The third kappa shape index (κ3) is 3.12. The van der Waals surface area contributed by atoms with Gasteiger partial charge in [-0.15, -0.1) is 0 Å². The van der Waals surface area contributed by atoms with E-state index < -0.39 is 4.92 Å². The first-order chi connectivity index (χ1) is 6.74. The average molecular weight is 211 g/mol. The van der Waals surface area contributed by atoms with Gasteiger partial charge in [0.2, 0.25) is 0 Å². The van der Waals surface area contributed by atoms with Crippen LogP contribution in [0.1, 0.15) is 12.0 Å². The zero-order valence-electron chi connectivity index (χ0n) is 7.40. The van der Waals surface area contributed by atoms with E-state index in [0.717, 1.165) is 16.9 Å². The van der Waals surface area contributed by atoms with Gasteiger partial charge in [0, 0.05) is 31.0 Å². The fraction of sp³-hybridized carbons (Fsp3) is 0.375. The molecule has 0 radical (unpaired) electrons. The van der Waals surface area contributed by atoms with E-state index in [1.165, 1.54) is 0 Å². The molecule has 5 nitrogen and oxygen atoms in total. The van der Waals surface area contributed by atoms with Crippen LogP contribution < -0.4 is 5.32 Å². The molecule has 14 heavy (non-hydrogen) atoms. The summed E-state index contributed by atoms with van der Waals surface area (Å²) in [5.41, 5.74) is 0.889. The van der Waals surface area contributed by atoms with E-state index in [4.69, 9.17) is 5.26 Å². The van der Waals surface area contributed by atoms with Gasteiger partial charge < -0.3 is 5.32 Å². The minimum Gasteiger partial charge on any atom is -0.312 e. The number of nitro groups is 1. The molecule has 0 atom stereocenters. The highest BCUT2D eigenvalue weighted by Gasteiger charge is 2.08. The summed E-state index contributed by atoms with van der Waals surface area (Å²) in [6, 6.07) is 3.55. The fourth-order valence-corrected chi connectivity index (χ4v) is 1.66. The minimum atomic E-state index is -0.399. The normalized spacial score (nSPS) is 9.64. The number of rotatable bonds is 5. The van der Waals surface area contributed by atoms with Gasteiger partial charge in [0.25, 0.3) is 0 Å². The first kappa shape index (κ1) is 10.6. The number of nitrogens with one attached hydrogen (secondary N) is 1. The van der Waals surface area contributed by atoms with E-state index in [2.05, 4.69) is 5.32 Å². The van der Waals surface area contributed by atoms with Gasteiger partial charge in [0.1, 0.15) is 0 Å². The molecule has 1 heterocycles. The zero-order valence-corrected chi connectivity index (χ0v) is 8.21. The summed E-state index contributed by atoms with van der Waals surface area (Å²) in [5, 5.41) is 23.5. The lowest BCUT2D eigenvalue weighted by molar-refractivity contribution is -0.380. The van der Waals surface area contributed by atoms with Gasteiger partial charge in [0.15, 0.2) is 0 Å². The molecule has 0 aliphatic heterocycles. The predicted molar refractivity (Wildman–Crippen MR) is 52.9 cm³/mol. The Morgan fingerprint density at radius 2 is 2.50 bits per heavy atom. The van der Waals surface area contributed by atoms with Crippen LogP contribution in [0.4, 0.5) is 5.00 Å². The first-order valence-electron chi connectivity index (χ1n) is 4.03. The van der Waals surface area contributed by atoms with E-state index in [0.29, 0.717) is 19.5 Å². The Bertz CT molecular complexity index is 356. The summed E-state index contributed by atoms with van der Waals surface area (Å²) in [6.45, 7) is 1.19. The Kier molecular flexibility index (Phi) is 4.04. The van der Waals surface area contributed by atoms with Gasteiger partial charge in [0.05, 0.1) is 11.0 Å². The van der Waals surface area contributed by atoms with Crippen LogP contribution in [0.2, 0.25) is 0 Å². The molecule has 0 fully saturated rings. The lowest BCUT2D eigenvalue weighted by Gasteiger charge is -1.97. The number of nitriles is 1. The number of nitrogens with zero attached hydrogens (tertiary/aromatic N) is 2. The van der Waals surface area contributed by atoms with Crippen LogP contribution >= 0.6 is 11.3 Å². The van der Waals surface area contributed by atoms with Crippen molar-refractivity contribution in [3.05, 3.63) is 27.1 Å². The highest BCUT2D eigenvalue weighted by Crippen LogP contribution is 2.22. The highest BCUT2D eigenvalue weighted by molar-refractivity contribution is 7.13. The van der Waals surface area contributed by atoms with Crippen LogP contribution in [-0.4, -0.2) is 11.5 Å². The first-order valence-corrected chi connectivity index (χ1v) is 4.91. The summed E-state index contributed by atoms with van der Waals surface area (Å²) in [7, 11) is 0. The second kappa shape index (κ2) is 5.32. The van der Waals surface area contributed by atoms with E-state index in [9.17, 15) is 10.1 Å². The molecule has 0 saturated heterocycles. The molecule has 1 aromatic heterocycles. The van der Waals surface area contributed by atoms with Crippen LogP contribution in [0.15, 0.2) is 11.4 Å². The van der Waals surface area contributed by atoms with Crippen molar-refractivity contribution in [1.29, 1.82) is 5.26 Å². The zero-order chi connectivity index (χ0) is 10.4. The standard InChI is InChI=1S/C8H9N3O2S/c9-2-1-3-10-5-7-4-8(11(12)13)14-6-7/h4,6,10H,1,3,5H2. The van der Waals surface area contributed by atoms with Crippen molar-refractivity contribution in [3.8, 4) is 6.07 Å². The maximum Gasteiger partial charge on any atom is 0.324 e. The van der Waals surface area contributed by atoms with E-state index in [1.54, 1.807) is 11.4 Å². The Hall–Kier alpha value is -1.45. The summed E-state index contributed by atoms with van der Waals surface area (Å²) in [6.07, 6.45) is 0.451. The van der Waals surface area contributed by atoms with Gasteiger partial charge in [-0.2, -0.15) is 5.26 Å². The maximum absolute atomic E-state index is 10.3. The summed E-state index contributed by atoms with van der Waals surface area (Å²) in [4.78, 5) is 9.94. The van der Waals surface area contributed by atoms with Crippen molar-refractivity contribution in [2.45, 2.75) is 13.0 Å². The molecular formula is C8H9N3O2S. The third-order valence-electron chi connectivity index (χ3n) is 1.56. The number of hydrogen-bond donors (Lipinski definition) is 1. The summed E-state index contributed by atoms with van der Waals surface area (Å²) < 4.78 is 0. The molecular weight excluding hydrogens is 202 g/mol. The van der Waals surface area contributed by atoms with Gasteiger partial charge in [-0.25, -0.2) is 0 Å². The van der Waals surface area contributed by atoms with Crippen molar-refractivity contribution in [3.63, 3.8) is 0 Å². The molecule has 0 spiro atoms. The number of hydrogen-bond acceptors (Lipinski definition) is 5. The Morgan fingerprint density at radius 3 is 3.07 bits per heavy atom. The second-order valence-corrected chi connectivity index (χ2v) is 3.52. The monoisotopic (exact) mass is 211 g/mol. The highest BCUT2D eigenvalue weighted by atomic mass is 32.1. The fourth-order valence-electron chi connectivity index (χ4n) is 0.928. The second-order valence-electron chi connectivity index (χ2n) is 2.64. The minimum absolute atomic E-state index is 0.155. The Morgan fingerprint density at radius 1 is 1.71 bits per heavy atom. The quantitative estimate of drug-likeness (QED) is 0.456. The lowest BCUT2D eigenvalue weighted by atomic mass is 10.3. The molecule has 1 aromatic rings. The molecule has 1 rings (SSSR count). The largest absolute Gasteiger partial charge is 0.324 e. The van der Waals surface area contributed by atoms with Crippen LogP contribution in [0.3, 0.4) is 0 Å². The molecule has 74 valence electrons. The van der Waals surface area contributed by atoms with Gasteiger partial charge >= 0.3 is 5.00 Å². The summed E-state index contributed by atoms with van der Waals surface area (Å²) >= 11 is 1.12. The summed E-state index contributed by atoms with van der Waals surface area (Å²) in [5.74, 6) is 0. The topological polar surface area (TPSA) is 79.0 Å². The molecule has 0 unspecified atom stereocenters. The van der Waals surface area contributed by atoms with Crippen LogP contribution in [0, 0.1) is 21.4 Å². The van der Waals surface area contributed by atoms with Crippen molar-refractivity contribution in [2.24, 2.45) is 0 Å². The molecule has 0 aromatic carbocycles. The third-order valence-corrected chi connectivity index (χ3v) is 2.49. The SMILES string of the molecule is N#CCCNCc1csc([N+](=O)[O-])c1. The predicted octanol–water partition coefficient (Wildman–Crippen LogP) is 1.66. The molecule has 1 N–H and O–H groups in total. The number of thiophene rings is 1. The van der Waals surface area contributed by atoms with Crippen molar-refractivity contribution >= 4 is 16.3 Å². The van der Waals surface area contributed by atoms with E-state index >= 15 is 0 Å². The van der Waals surface area contributed by atoms with Crippen molar-refractivity contribution < 1.29 is 4.92 Å². The van der Waals surface area contributed by atoms with Crippen molar-refractivity contribution in [2.75, 3.05) is 6.54 Å². The smallest absolute Gasteiger partial charge is 0.312 e. The lowest BCUT2D eigenvalue weighted by Crippen LogP contribution is -2.13. The molecule has 0 aliphatic carbocycles. The van der Waals surface area contributed by atoms with Gasteiger partial charge in [-0.05, 0) is 5.56 Å². The van der Waals surface area contributed by atoms with Gasteiger partial charge in [-0.3, -0.25) is 10.1 Å². The van der Waals surface area contributed by atoms with E-state index in [1.807, 2.05) is 6.07 Å². The molecule has 6 heteroatoms. The maximum atomic E-state index is 10.3. The van der Waals surface area contributed by atoms with Crippen LogP contribution in [0.5, 0.6) is 0 Å². The molecule has 0 saturated carbocycles. The molecule has 0 amide bonds. The van der Waals surface area contributed by atoms with Gasteiger partial charge in [-0.1, -0.05) is 11.3 Å². The Labute approximate surface area is 85.1 Å². The molecule has 0 bridgehead atoms. The van der Waals surface area contributed by atoms with Crippen molar-refractivity contribution in [1.82, 2.24) is 5.32 Å². The Balaban J connectivity index is 2.37. The average Bonchev–Trinajstić information content (AvgIpc) is 2.61. The molecule has 0 aliphatic rings. The van der Waals surface area contributed by atoms with Crippen LogP contribution in [0.25, 0.3) is 0 Å². The van der Waals surface area contributed by atoms with E-state index in [-0.39, 0.29) is 5.00 Å².